The van der Waals surface area contributed by atoms with E-state index in [9.17, 15) is 4.79 Å². The predicted octanol–water partition coefficient (Wildman–Crippen LogP) is 1.95. The molecule has 0 saturated carbocycles. The van der Waals surface area contributed by atoms with Crippen molar-refractivity contribution >= 4 is 23.4 Å². The predicted molar refractivity (Wildman–Crippen MR) is 65.4 cm³/mol. The number of hydrogen-bond acceptors (Lipinski definition) is 3. The number of benzene rings is 1. The summed E-state index contributed by atoms with van der Waals surface area (Å²) < 4.78 is 0. The minimum atomic E-state index is -0.213. The molecule has 3 nitrogen and oxygen atoms in total. The van der Waals surface area contributed by atoms with Crippen molar-refractivity contribution in [1.29, 1.82) is 0 Å². The highest BCUT2D eigenvalue weighted by atomic mass is 32.2. The Hall–Kier alpha value is -1.16. The Labute approximate surface area is 94.6 Å². The number of amides is 1. The molecule has 0 aliphatic carbocycles. The lowest BCUT2D eigenvalue weighted by atomic mass is 10.2. The maximum absolute atomic E-state index is 11.3. The first-order chi connectivity index (χ1) is 7.17. The highest BCUT2D eigenvalue weighted by molar-refractivity contribution is 7.98. The molecule has 1 unspecified atom stereocenters. The lowest BCUT2D eigenvalue weighted by Crippen LogP contribution is -2.35. The third kappa shape index (κ3) is 3.47. The second-order valence-electron chi connectivity index (χ2n) is 3.21. The van der Waals surface area contributed by atoms with Crippen molar-refractivity contribution in [2.45, 2.75) is 17.9 Å². The van der Waals surface area contributed by atoms with E-state index in [1.54, 1.807) is 18.8 Å². The van der Waals surface area contributed by atoms with Crippen LogP contribution >= 0.6 is 11.8 Å². The molecule has 1 atom stereocenters. The van der Waals surface area contributed by atoms with Crippen molar-refractivity contribution < 1.29 is 4.79 Å². The van der Waals surface area contributed by atoms with Gasteiger partial charge in [0.2, 0.25) is 5.91 Å². The summed E-state index contributed by atoms with van der Waals surface area (Å²) >= 11 is 1.70. The van der Waals surface area contributed by atoms with Crippen molar-refractivity contribution in [2.24, 2.45) is 0 Å². The largest absolute Gasteiger partial charge is 0.374 e. The number of carbonyl (C=O) groups is 1. The lowest BCUT2D eigenvalue weighted by molar-refractivity contribution is -0.121. The van der Waals surface area contributed by atoms with Crippen LogP contribution in [0.15, 0.2) is 29.2 Å². The highest BCUT2D eigenvalue weighted by Crippen LogP contribution is 2.17. The average Bonchev–Trinajstić information content (AvgIpc) is 2.29. The Morgan fingerprint density at radius 3 is 2.40 bits per heavy atom. The van der Waals surface area contributed by atoms with E-state index in [1.165, 1.54) is 4.90 Å². The van der Waals surface area contributed by atoms with Gasteiger partial charge in [-0.1, -0.05) is 0 Å². The summed E-state index contributed by atoms with van der Waals surface area (Å²) in [5, 5.41) is 5.72. The van der Waals surface area contributed by atoms with Crippen LogP contribution in [-0.4, -0.2) is 25.3 Å². The van der Waals surface area contributed by atoms with Gasteiger partial charge in [-0.15, -0.1) is 11.8 Å². The van der Waals surface area contributed by atoms with Crippen LogP contribution in [0.3, 0.4) is 0 Å². The van der Waals surface area contributed by atoms with E-state index in [4.69, 9.17) is 0 Å². The van der Waals surface area contributed by atoms with Crippen LogP contribution in [0.2, 0.25) is 0 Å². The molecule has 0 heterocycles. The SMILES string of the molecule is CNC(=O)C(C)Nc1ccc(SC)cc1. The molecular weight excluding hydrogens is 208 g/mol. The summed E-state index contributed by atoms with van der Waals surface area (Å²) in [5.41, 5.74) is 0.962. The van der Waals surface area contributed by atoms with E-state index < -0.39 is 0 Å². The van der Waals surface area contributed by atoms with Gasteiger partial charge in [-0.25, -0.2) is 0 Å². The van der Waals surface area contributed by atoms with Crippen LogP contribution in [-0.2, 0) is 4.79 Å². The topological polar surface area (TPSA) is 41.1 Å². The van der Waals surface area contributed by atoms with Crippen LogP contribution < -0.4 is 10.6 Å². The maximum Gasteiger partial charge on any atom is 0.241 e. The van der Waals surface area contributed by atoms with Crippen LogP contribution in [0.4, 0.5) is 5.69 Å². The zero-order valence-corrected chi connectivity index (χ0v) is 10.0. The third-order valence-electron chi connectivity index (χ3n) is 2.11. The fourth-order valence-corrected chi connectivity index (χ4v) is 1.63. The van der Waals surface area contributed by atoms with E-state index in [0.717, 1.165) is 5.69 Å². The molecule has 0 aliphatic heterocycles. The number of thioether (sulfide) groups is 1. The molecule has 82 valence electrons. The molecule has 15 heavy (non-hydrogen) atoms. The fraction of sp³-hybridized carbons (Fsp3) is 0.364. The molecule has 1 rings (SSSR count). The molecule has 0 fully saturated rings. The lowest BCUT2D eigenvalue weighted by Gasteiger charge is -2.13. The van der Waals surface area contributed by atoms with Gasteiger partial charge >= 0.3 is 0 Å². The third-order valence-corrected chi connectivity index (χ3v) is 2.86. The molecule has 1 aromatic rings. The van der Waals surface area contributed by atoms with Gasteiger partial charge in [0.25, 0.3) is 0 Å². The van der Waals surface area contributed by atoms with Gasteiger partial charge in [-0.3, -0.25) is 4.79 Å². The number of hydrogen-bond donors (Lipinski definition) is 2. The Bertz CT molecular complexity index is 324. The smallest absolute Gasteiger partial charge is 0.241 e. The number of likely N-dealkylation sites (N-methyl/N-ethyl adjacent to an activating group) is 1. The molecule has 0 spiro atoms. The molecule has 0 radical (unpaired) electrons. The summed E-state index contributed by atoms with van der Waals surface area (Å²) in [4.78, 5) is 12.5. The van der Waals surface area contributed by atoms with Crippen LogP contribution in [0.25, 0.3) is 0 Å². The highest BCUT2D eigenvalue weighted by Gasteiger charge is 2.09. The minimum absolute atomic E-state index is 0.0102. The number of rotatable bonds is 4. The van der Waals surface area contributed by atoms with Gasteiger partial charge in [0.1, 0.15) is 6.04 Å². The molecule has 0 aliphatic rings. The average molecular weight is 224 g/mol. The van der Waals surface area contributed by atoms with E-state index in [-0.39, 0.29) is 11.9 Å². The van der Waals surface area contributed by atoms with Crippen molar-refractivity contribution in [3.05, 3.63) is 24.3 Å². The van der Waals surface area contributed by atoms with Gasteiger partial charge in [0.05, 0.1) is 0 Å². The summed E-state index contributed by atoms with van der Waals surface area (Å²) in [6.45, 7) is 1.83. The van der Waals surface area contributed by atoms with E-state index in [1.807, 2.05) is 37.4 Å². The zero-order valence-electron chi connectivity index (χ0n) is 9.20. The second kappa shape index (κ2) is 5.66. The van der Waals surface area contributed by atoms with Crippen LogP contribution in [0.1, 0.15) is 6.92 Å². The molecule has 0 aromatic heterocycles. The van der Waals surface area contributed by atoms with Gasteiger partial charge in [-0.2, -0.15) is 0 Å². The normalized spacial score (nSPS) is 11.9. The minimum Gasteiger partial charge on any atom is -0.374 e. The first-order valence-electron chi connectivity index (χ1n) is 4.79. The van der Waals surface area contributed by atoms with Crippen molar-refractivity contribution in [2.75, 3.05) is 18.6 Å². The van der Waals surface area contributed by atoms with E-state index >= 15 is 0 Å². The van der Waals surface area contributed by atoms with E-state index in [0.29, 0.717) is 0 Å². The number of anilines is 1. The summed E-state index contributed by atoms with van der Waals surface area (Å²) in [7, 11) is 1.64. The Morgan fingerprint density at radius 2 is 1.93 bits per heavy atom. The Morgan fingerprint density at radius 1 is 1.33 bits per heavy atom. The van der Waals surface area contributed by atoms with Gasteiger partial charge in [0, 0.05) is 17.6 Å². The number of nitrogens with one attached hydrogen (secondary N) is 2. The molecular formula is C11H16N2OS. The van der Waals surface area contributed by atoms with E-state index in [2.05, 4.69) is 10.6 Å². The van der Waals surface area contributed by atoms with Crippen LogP contribution in [0.5, 0.6) is 0 Å². The summed E-state index contributed by atoms with van der Waals surface area (Å²) in [6, 6.07) is 7.80. The monoisotopic (exact) mass is 224 g/mol. The van der Waals surface area contributed by atoms with Crippen molar-refractivity contribution in [1.82, 2.24) is 5.32 Å². The first-order valence-corrected chi connectivity index (χ1v) is 6.02. The van der Waals surface area contributed by atoms with Gasteiger partial charge < -0.3 is 10.6 Å². The van der Waals surface area contributed by atoms with Crippen molar-refractivity contribution in [3.8, 4) is 0 Å². The standard InChI is InChI=1S/C11H16N2OS/c1-8(11(14)12-2)13-9-4-6-10(15-3)7-5-9/h4-8,13H,1-3H3,(H,12,14). The molecule has 4 heteroatoms. The molecule has 2 N–H and O–H groups in total. The molecule has 0 saturated heterocycles. The molecule has 1 amide bonds. The summed E-state index contributed by atoms with van der Waals surface area (Å²) in [5.74, 6) is -0.0102. The fourth-order valence-electron chi connectivity index (χ4n) is 1.22. The zero-order chi connectivity index (χ0) is 11.3. The molecule has 1 aromatic carbocycles. The van der Waals surface area contributed by atoms with Gasteiger partial charge in [-0.05, 0) is 37.4 Å². The second-order valence-corrected chi connectivity index (χ2v) is 4.09. The number of carbonyl (C=O) groups excluding carboxylic acids is 1. The van der Waals surface area contributed by atoms with Crippen molar-refractivity contribution in [3.63, 3.8) is 0 Å². The Kier molecular flexibility index (Phi) is 4.49. The first kappa shape index (κ1) is 11.9. The van der Waals surface area contributed by atoms with Gasteiger partial charge in [0.15, 0.2) is 0 Å². The quantitative estimate of drug-likeness (QED) is 0.768. The Balaban J connectivity index is 2.60. The summed E-state index contributed by atoms with van der Waals surface area (Å²) in [6.07, 6.45) is 2.04. The van der Waals surface area contributed by atoms with Crippen LogP contribution in [0, 0.1) is 0 Å². The molecule has 0 bridgehead atoms. The maximum atomic E-state index is 11.3.